The van der Waals surface area contributed by atoms with Crippen LogP contribution < -0.4 is 16.0 Å². The minimum absolute atomic E-state index is 0.504. The molecule has 0 aliphatic rings. The summed E-state index contributed by atoms with van der Waals surface area (Å²) in [5.41, 5.74) is 3.31. The summed E-state index contributed by atoms with van der Waals surface area (Å²) in [6, 6.07) is 7.61. The van der Waals surface area contributed by atoms with Crippen LogP contribution in [0.3, 0.4) is 0 Å². The molecule has 22 heavy (non-hydrogen) atoms. The molecule has 0 bridgehead atoms. The van der Waals surface area contributed by atoms with Gasteiger partial charge >= 0.3 is 0 Å². The van der Waals surface area contributed by atoms with Crippen LogP contribution in [0.4, 0.5) is 23.1 Å². The predicted molar refractivity (Wildman–Crippen MR) is 90.6 cm³/mol. The van der Waals surface area contributed by atoms with Gasteiger partial charge in [0.1, 0.15) is 11.5 Å². The minimum Gasteiger partial charge on any atom is -0.388 e. The third kappa shape index (κ3) is 2.44. The van der Waals surface area contributed by atoms with Gasteiger partial charge in [0.15, 0.2) is 0 Å². The van der Waals surface area contributed by atoms with Gasteiger partial charge in [-0.2, -0.15) is 9.97 Å². The van der Waals surface area contributed by atoms with Crippen LogP contribution in [-0.2, 0) is 0 Å². The van der Waals surface area contributed by atoms with Crippen LogP contribution in [0.5, 0.6) is 0 Å². The zero-order valence-corrected chi connectivity index (χ0v) is 12.4. The van der Waals surface area contributed by atoms with Gasteiger partial charge in [0.05, 0.1) is 5.39 Å². The van der Waals surface area contributed by atoms with Crippen LogP contribution in [0, 0.1) is 5.41 Å². The summed E-state index contributed by atoms with van der Waals surface area (Å²) in [5.74, 6) is 1.27. The van der Waals surface area contributed by atoms with E-state index >= 15 is 0 Å². The van der Waals surface area contributed by atoms with E-state index in [1.807, 2.05) is 44.6 Å². The van der Waals surface area contributed by atoms with Crippen LogP contribution in [0.2, 0.25) is 0 Å². The molecule has 1 aromatic carbocycles. The molecule has 0 unspecified atom stereocenters. The largest absolute Gasteiger partial charge is 0.388 e. The highest BCUT2D eigenvalue weighted by molar-refractivity contribution is 5.89. The summed E-state index contributed by atoms with van der Waals surface area (Å²) < 4.78 is 0. The highest BCUT2D eigenvalue weighted by Crippen LogP contribution is 2.24. The fraction of sp³-hybridized carbons (Fsp3) is 0.133. The molecular weight excluding hydrogens is 278 g/mol. The first-order valence-corrected chi connectivity index (χ1v) is 6.87. The van der Waals surface area contributed by atoms with E-state index in [1.165, 1.54) is 6.21 Å². The van der Waals surface area contributed by atoms with Crippen LogP contribution in [0.15, 0.2) is 30.5 Å². The Morgan fingerprint density at radius 3 is 2.73 bits per heavy atom. The van der Waals surface area contributed by atoms with Crippen molar-refractivity contribution >= 4 is 40.4 Å². The Morgan fingerprint density at radius 1 is 1.14 bits per heavy atom. The quantitative estimate of drug-likeness (QED) is 0.466. The molecule has 0 amide bonds. The van der Waals surface area contributed by atoms with Crippen molar-refractivity contribution in [2.75, 3.05) is 30.0 Å². The lowest BCUT2D eigenvalue weighted by molar-refractivity contribution is 1.19. The number of hydrogen-bond donors (Lipinski definition) is 5. The van der Waals surface area contributed by atoms with E-state index < -0.39 is 0 Å². The number of anilines is 4. The molecule has 0 fully saturated rings. The van der Waals surface area contributed by atoms with Crippen molar-refractivity contribution in [3.63, 3.8) is 0 Å². The first-order valence-electron chi connectivity index (χ1n) is 6.87. The number of H-pyrrole nitrogens is 1. The molecule has 7 nitrogen and oxygen atoms in total. The van der Waals surface area contributed by atoms with E-state index in [1.54, 1.807) is 0 Å². The SMILES string of the molecule is CNc1cc(Nc2nc(NC)c3cc[nH]c3n2)ccc1C=N. The lowest BCUT2D eigenvalue weighted by Gasteiger charge is -2.10. The van der Waals surface area contributed by atoms with Crippen LogP contribution >= 0.6 is 0 Å². The number of benzene rings is 1. The Bertz CT molecular complexity index is 822. The van der Waals surface area contributed by atoms with Gasteiger partial charge in [-0.1, -0.05) is 0 Å². The summed E-state index contributed by atoms with van der Waals surface area (Å²) >= 11 is 0. The average molecular weight is 295 g/mol. The molecule has 7 heteroatoms. The van der Waals surface area contributed by atoms with E-state index in [2.05, 4.69) is 30.9 Å². The molecule has 3 rings (SSSR count). The number of fused-ring (bicyclic) bond motifs is 1. The van der Waals surface area contributed by atoms with Gasteiger partial charge in [0.25, 0.3) is 0 Å². The van der Waals surface area contributed by atoms with Gasteiger partial charge < -0.3 is 26.3 Å². The second kappa shape index (κ2) is 5.72. The highest BCUT2D eigenvalue weighted by Gasteiger charge is 2.08. The molecule has 2 aromatic heterocycles. The van der Waals surface area contributed by atoms with E-state index in [9.17, 15) is 0 Å². The zero-order chi connectivity index (χ0) is 15.5. The number of aromatic amines is 1. The van der Waals surface area contributed by atoms with Crippen LogP contribution in [0.1, 0.15) is 5.56 Å². The molecule has 0 spiro atoms. The summed E-state index contributed by atoms with van der Waals surface area (Å²) in [6.45, 7) is 0. The normalized spacial score (nSPS) is 10.5. The first-order chi connectivity index (χ1) is 10.7. The molecule has 0 saturated heterocycles. The third-order valence-corrected chi connectivity index (χ3v) is 3.39. The standard InChI is InChI=1S/C15H17N7/c1-17-12-7-10(4-3-9(12)8-16)20-15-21-13(18-2)11-5-6-19-14(11)22-15/h3-8,16-17H,1-2H3,(H3,18,19,20,21,22). The van der Waals surface area contributed by atoms with Crippen molar-refractivity contribution in [3.05, 3.63) is 36.0 Å². The molecule has 5 N–H and O–H groups in total. The lowest BCUT2D eigenvalue weighted by Crippen LogP contribution is -2.02. The minimum atomic E-state index is 0.504. The van der Waals surface area contributed by atoms with Gasteiger partial charge in [0.2, 0.25) is 5.95 Å². The van der Waals surface area contributed by atoms with Gasteiger partial charge in [-0.05, 0) is 24.3 Å². The summed E-state index contributed by atoms with van der Waals surface area (Å²) in [4.78, 5) is 12.0. The Kier molecular flexibility index (Phi) is 3.61. The van der Waals surface area contributed by atoms with Gasteiger partial charge in [-0.3, -0.25) is 0 Å². The Morgan fingerprint density at radius 2 is 2.00 bits per heavy atom. The van der Waals surface area contributed by atoms with Gasteiger partial charge in [0, 0.05) is 43.4 Å². The highest BCUT2D eigenvalue weighted by atomic mass is 15.2. The number of nitrogens with one attached hydrogen (secondary N) is 5. The Hall–Kier alpha value is -3.09. The second-order valence-corrected chi connectivity index (χ2v) is 4.71. The van der Waals surface area contributed by atoms with Crippen molar-refractivity contribution in [1.82, 2.24) is 15.0 Å². The number of hydrogen-bond acceptors (Lipinski definition) is 6. The third-order valence-electron chi connectivity index (χ3n) is 3.39. The molecule has 0 aliphatic carbocycles. The summed E-state index contributed by atoms with van der Waals surface area (Å²) in [6.07, 6.45) is 3.15. The van der Waals surface area contributed by atoms with E-state index in [-0.39, 0.29) is 0 Å². The van der Waals surface area contributed by atoms with E-state index in [0.29, 0.717) is 5.95 Å². The number of nitrogens with zero attached hydrogens (tertiary/aromatic N) is 2. The molecule has 0 radical (unpaired) electrons. The smallest absolute Gasteiger partial charge is 0.231 e. The second-order valence-electron chi connectivity index (χ2n) is 4.71. The van der Waals surface area contributed by atoms with Crippen molar-refractivity contribution in [2.24, 2.45) is 0 Å². The monoisotopic (exact) mass is 295 g/mol. The van der Waals surface area contributed by atoms with Crippen molar-refractivity contribution < 1.29 is 0 Å². The number of aromatic nitrogens is 3. The Labute approximate surface area is 127 Å². The molecule has 0 atom stereocenters. The van der Waals surface area contributed by atoms with Crippen molar-refractivity contribution in [2.45, 2.75) is 0 Å². The van der Waals surface area contributed by atoms with Crippen molar-refractivity contribution in [3.8, 4) is 0 Å². The van der Waals surface area contributed by atoms with E-state index in [4.69, 9.17) is 5.41 Å². The average Bonchev–Trinajstić information content (AvgIpc) is 3.02. The molecule has 3 aromatic rings. The predicted octanol–water partition coefficient (Wildman–Crippen LogP) is 2.78. The fourth-order valence-corrected chi connectivity index (χ4v) is 2.29. The maximum atomic E-state index is 7.38. The van der Waals surface area contributed by atoms with Crippen molar-refractivity contribution in [1.29, 1.82) is 5.41 Å². The molecule has 112 valence electrons. The summed E-state index contributed by atoms with van der Waals surface area (Å²) in [7, 11) is 3.66. The topological polar surface area (TPSA) is 102 Å². The lowest BCUT2D eigenvalue weighted by atomic mass is 10.1. The number of rotatable bonds is 5. The fourth-order valence-electron chi connectivity index (χ4n) is 2.29. The maximum Gasteiger partial charge on any atom is 0.231 e. The molecule has 0 saturated carbocycles. The summed E-state index contributed by atoms with van der Waals surface area (Å²) in [5, 5.41) is 17.7. The van der Waals surface area contributed by atoms with Crippen LogP contribution in [-0.4, -0.2) is 35.3 Å². The Balaban J connectivity index is 1.97. The van der Waals surface area contributed by atoms with E-state index in [0.717, 1.165) is 33.8 Å². The molecular formula is C15H17N7. The maximum absolute atomic E-state index is 7.38. The first kappa shape index (κ1) is 13.9. The van der Waals surface area contributed by atoms with Gasteiger partial charge in [-0.25, -0.2) is 0 Å². The molecule has 2 heterocycles. The molecule has 0 aliphatic heterocycles. The van der Waals surface area contributed by atoms with Crippen LogP contribution in [0.25, 0.3) is 11.0 Å². The van der Waals surface area contributed by atoms with Gasteiger partial charge in [-0.15, -0.1) is 0 Å². The zero-order valence-electron chi connectivity index (χ0n) is 12.4.